The van der Waals surface area contributed by atoms with Crippen LogP contribution in [0, 0.1) is 18.3 Å². The van der Waals surface area contributed by atoms with Gasteiger partial charge < -0.3 is 5.73 Å². The number of hydrogen-bond donors (Lipinski definition) is 1. The zero-order chi connectivity index (χ0) is 7.56. The molecule has 4 heteroatoms. The van der Waals surface area contributed by atoms with Crippen molar-refractivity contribution >= 4 is 18.1 Å². The third-order valence-corrected chi connectivity index (χ3v) is 1.24. The predicted molar refractivity (Wildman–Crippen MR) is 45.3 cm³/mol. The topological polar surface area (TPSA) is 62.7 Å². The average molecular weight is 170 g/mol. The van der Waals surface area contributed by atoms with Crippen LogP contribution in [0.2, 0.25) is 0 Å². The molecule has 0 aliphatic carbocycles. The number of nitrogens with zero attached hydrogens (tertiary/aromatic N) is 2. The van der Waals surface area contributed by atoms with E-state index in [1.165, 1.54) is 0 Å². The zero-order valence-corrected chi connectivity index (χ0v) is 6.85. The van der Waals surface area contributed by atoms with Crippen molar-refractivity contribution < 1.29 is 0 Å². The summed E-state index contributed by atoms with van der Waals surface area (Å²) < 4.78 is 0. The summed E-state index contributed by atoms with van der Waals surface area (Å²) in [6.07, 6.45) is 0. The number of anilines is 1. The zero-order valence-electron chi connectivity index (χ0n) is 6.03. The molecule has 58 valence electrons. The van der Waals surface area contributed by atoms with E-state index < -0.39 is 0 Å². The molecule has 1 aromatic heterocycles. The van der Waals surface area contributed by atoms with Crippen LogP contribution in [0.5, 0.6) is 0 Å². The molecular weight excluding hydrogens is 162 g/mol. The van der Waals surface area contributed by atoms with Gasteiger partial charge in [0.15, 0.2) is 0 Å². The van der Waals surface area contributed by atoms with Gasteiger partial charge in [-0.1, -0.05) is 0 Å². The lowest BCUT2D eigenvalue weighted by Crippen LogP contribution is -1.93. The summed E-state index contributed by atoms with van der Waals surface area (Å²) in [6.45, 7) is 1.77. The van der Waals surface area contributed by atoms with Crippen molar-refractivity contribution in [2.24, 2.45) is 0 Å². The Morgan fingerprint density at radius 3 is 2.64 bits per heavy atom. The van der Waals surface area contributed by atoms with Crippen molar-refractivity contribution in [3.63, 3.8) is 0 Å². The van der Waals surface area contributed by atoms with Gasteiger partial charge in [-0.25, -0.2) is 4.98 Å². The Morgan fingerprint density at radius 1 is 1.55 bits per heavy atom. The second-order valence-corrected chi connectivity index (χ2v) is 1.98. The molecule has 0 amide bonds. The van der Waals surface area contributed by atoms with Gasteiger partial charge in [-0.05, 0) is 19.1 Å². The van der Waals surface area contributed by atoms with Crippen LogP contribution in [0.4, 0.5) is 5.69 Å². The molecule has 0 unspecified atom stereocenters. The highest BCUT2D eigenvalue weighted by Crippen LogP contribution is 2.06. The van der Waals surface area contributed by atoms with E-state index in [-0.39, 0.29) is 12.4 Å². The second-order valence-electron chi connectivity index (χ2n) is 1.98. The number of nitriles is 1. The van der Waals surface area contributed by atoms with E-state index in [1.54, 1.807) is 19.1 Å². The van der Waals surface area contributed by atoms with Gasteiger partial charge in [0.05, 0.1) is 11.4 Å². The summed E-state index contributed by atoms with van der Waals surface area (Å²) in [4.78, 5) is 3.91. The van der Waals surface area contributed by atoms with Gasteiger partial charge >= 0.3 is 0 Å². The minimum atomic E-state index is 0. The molecule has 0 saturated carbocycles. The molecule has 0 aromatic carbocycles. The number of halogens is 1. The highest BCUT2D eigenvalue weighted by Gasteiger charge is 1.94. The van der Waals surface area contributed by atoms with Gasteiger partial charge in [0.25, 0.3) is 0 Å². The largest absolute Gasteiger partial charge is 0.397 e. The fraction of sp³-hybridized carbons (Fsp3) is 0.143. The van der Waals surface area contributed by atoms with Crippen molar-refractivity contribution in [1.29, 1.82) is 5.26 Å². The molecule has 2 N–H and O–H groups in total. The van der Waals surface area contributed by atoms with Gasteiger partial charge in [-0.15, -0.1) is 12.4 Å². The molecule has 0 saturated heterocycles. The predicted octanol–water partition coefficient (Wildman–Crippen LogP) is 1.27. The molecule has 0 bridgehead atoms. The lowest BCUT2D eigenvalue weighted by Gasteiger charge is -1.95. The van der Waals surface area contributed by atoms with Crippen LogP contribution in [0.3, 0.4) is 0 Å². The Bertz CT molecular complexity index is 290. The molecule has 11 heavy (non-hydrogen) atoms. The van der Waals surface area contributed by atoms with Crippen LogP contribution in [0.1, 0.15) is 11.4 Å². The first-order valence-corrected chi connectivity index (χ1v) is 2.87. The number of aromatic nitrogens is 1. The van der Waals surface area contributed by atoms with Crippen LogP contribution in [-0.4, -0.2) is 4.98 Å². The summed E-state index contributed by atoms with van der Waals surface area (Å²) in [6, 6.07) is 5.21. The minimum Gasteiger partial charge on any atom is -0.397 e. The molecule has 0 aliphatic rings. The summed E-state index contributed by atoms with van der Waals surface area (Å²) >= 11 is 0. The van der Waals surface area contributed by atoms with Crippen molar-refractivity contribution in [3.05, 3.63) is 23.5 Å². The molecule has 0 fully saturated rings. The molecule has 1 heterocycles. The van der Waals surface area contributed by atoms with Crippen molar-refractivity contribution in [1.82, 2.24) is 4.98 Å². The molecular formula is C7H8ClN3. The maximum atomic E-state index is 8.40. The first-order chi connectivity index (χ1) is 4.74. The number of pyridine rings is 1. The van der Waals surface area contributed by atoms with Crippen molar-refractivity contribution in [2.45, 2.75) is 6.92 Å². The van der Waals surface area contributed by atoms with E-state index >= 15 is 0 Å². The number of nitrogen functional groups attached to an aromatic ring is 1. The summed E-state index contributed by atoms with van der Waals surface area (Å²) in [5.41, 5.74) is 7.21. The molecule has 1 rings (SSSR count). The smallest absolute Gasteiger partial charge is 0.140 e. The molecule has 0 aliphatic heterocycles. The van der Waals surface area contributed by atoms with Crippen molar-refractivity contribution in [3.8, 4) is 6.07 Å². The third kappa shape index (κ3) is 2.10. The molecule has 0 spiro atoms. The monoisotopic (exact) mass is 169 g/mol. The number of hydrogen-bond acceptors (Lipinski definition) is 3. The Labute approximate surface area is 71.3 Å². The first-order valence-electron chi connectivity index (χ1n) is 2.87. The Kier molecular flexibility index (Phi) is 3.35. The van der Waals surface area contributed by atoms with Gasteiger partial charge in [-0.3, -0.25) is 0 Å². The Balaban J connectivity index is 0.000001000. The van der Waals surface area contributed by atoms with Crippen LogP contribution in [-0.2, 0) is 0 Å². The lowest BCUT2D eigenvalue weighted by atomic mass is 10.3. The van der Waals surface area contributed by atoms with E-state index in [1.807, 2.05) is 6.07 Å². The van der Waals surface area contributed by atoms with Gasteiger partial charge in [-0.2, -0.15) is 5.26 Å². The fourth-order valence-corrected chi connectivity index (χ4v) is 0.634. The summed E-state index contributed by atoms with van der Waals surface area (Å²) in [5.74, 6) is 0. The standard InChI is InChI=1S/C7H7N3.ClH/c1-5-7(9)3-2-6(4-8)10-5;/h2-3H,9H2,1H3;1H. The van der Waals surface area contributed by atoms with Crippen molar-refractivity contribution in [2.75, 3.05) is 5.73 Å². The van der Waals surface area contributed by atoms with E-state index in [0.29, 0.717) is 17.1 Å². The Hall–Kier alpha value is -1.27. The number of nitrogens with two attached hydrogens (primary N) is 1. The highest BCUT2D eigenvalue weighted by molar-refractivity contribution is 5.85. The van der Waals surface area contributed by atoms with Crippen LogP contribution < -0.4 is 5.73 Å². The van der Waals surface area contributed by atoms with Crippen LogP contribution in [0.15, 0.2) is 12.1 Å². The second kappa shape index (κ2) is 3.79. The number of aryl methyl sites for hydroxylation is 1. The van der Waals surface area contributed by atoms with Crippen LogP contribution >= 0.6 is 12.4 Å². The van der Waals surface area contributed by atoms with E-state index in [0.717, 1.165) is 0 Å². The van der Waals surface area contributed by atoms with Gasteiger partial charge in [0, 0.05) is 0 Å². The van der Waals surface area contributed by atoms with Crippen LogP contribution in [0.25, 0.3) is 0 Å². The number of rotatable bonds is 0. The normalized spacial score (nSPS) is 8.00. The molecule has 0 atom stereocenters. The summed E-state index contributed by atoms with van der Waals surface area (Å²) in [5, 5.41) is 8.40. The SMILES string of the molecule is Cc1nc(C#N)ccc1N.Cl. The summed E-state index contributed by atoms with van der Waals surface area (Å²) in [7, 11) is 0. The molecule has 3 nitrogen and oxygen atoms in total. The van der Waals surface area contributed by atoms with E-state index in [4.69, 9.17) is 11.0 Å². The lowest BCUT2D eigenvalue weighted by molar-refractivity contribution is 1.17. The average Bonchev–Trinajstić information content (AvgIpc) is 1.95. The molecule has 0 radical (unpaired) electrons. The highest BCUT2D eigenvalue weighted by atomic mass is 35.5. The quantitative estimate of drug-likeness (QED) is 0.636. The maximum Gasteiger partial charge on any atom is 0.140 e. The maximum absolute atomic E-state index is 8.40. The first kappa shape index (κ1) is 9.73. The van der Waals surface area contributed by atoms with E-state index in [2.05, 4.69) is 4.98 Å². The fourth-order valence-electron chi connectivity index (χ4n) is 0.634. The van der Waals surface area contributed by atoms with Gasteiger partial charge in [0.2, 0.25) is 0 Å². The third-order valence-electron chi connectivity index (χ3n) is 1.24. The Morgan fingerprint density at radius 2 is 2.18 bits per heavy atom. The van der Waals surface area contributed by atoms with E-state index in [9.17, 15) is 0 Å². The molecule has 1 aromatic rings. The van der Waals surface area contributed by atoms with Gasteiger partial charge in [0.1, 0.15) is 11.8 Å². The minimum absolute atomic E-state index is 0.